The highest BCUT2D eigenvalue weighted by Gasteiger charge is 2.23. The SMILES string of the molecule is O=C(/C=C/c1ccc(Cl)c([N+](=O)[O-])c1)Nc1ccc(N2CCN(C(=O)c3ccccc3)CC2)c(Cl)c1. The maximum Gasteiger partial charge on any atom is 0.288 e. The van der Waals surface area contributed by atoms with Crippen LogP contribution in [0.25, 0.3) is 6.08 Å². The number of anilines is 2. The van der Waals surface area contributed by atoms with Crippen molar-refractivity contribution in [2.24, 2.45) is 0 Å². The van der Waals surface area contributed by atoms with Gasteiger partial charge in [0.2, 0.25) is 5.91 Å². The highest BCUT2D eigenvalue weighted by atomic mass is 35.5. The quantitative estimate of drug-likeness (QED) is 0.260. The second-order valence-electron chi connectivity index (χ2n) is 8.10. The third kappa shape index (κ3) is 6.02. The van der Waals surface area contributed by atoms with Gasteiger partial charge in [-0.25, -0.2) is 0 Å². The van der Waals surface area contributed by atoms with Gasteiger partial charge in [-0.3, -0.25) is 19.7 Å². The molecule has 3 aromatic rings. The average molecular weight is 525 g/mol. The standard InChI is InChI=1S/C26H22Cl2N4O4/c27-21-9-6-18(16-24(21)32(35)36)7-11-25(33)29-20-8-10-23(22(28)17-20)30-12-14-31(15-13-30)26(34)19-4-2-1-3-5-19/h1-11,16-17H,12-15H2,(H,29,33)/b11-7+. The van der Waals surface area contributed by atoms with Crippen molar-refractivity contribution in [3.8, 4) is 0 Å². The Morgan fingerprint density at radius 3 is 2.31 bits per heavy atom. The Morgan fingerprint density at radius 1 is 0.917 bits per heavy atom. The number of nitrogens with one attached hydrogen (secondary N) is 1. The number of nitrogens with zero attached hydrogens (tertiary/aromatic N) is 3. The van der Waals surface area contributed by atoms with Crippen molar-refractivity contribution in [3.05, 3.63) is 104 Å². The molecule has 0 spiro atoms. The van der Waals surface area contributed by atoms with E-state index in [1.54, 1.807) is 18.2 Å². The molecule has 2 amide bonds. The zero-order chi connectivity index (χ0) is 25.7. The van der Waals surface area contributed by atoms with E-state index in [1.165, 1.54) is 24.3 Å². The van der Waals surface area contributed by atoms with Gasteiger partial charge in [0, 0.05) is 49.6 Å². The molecule has 8 nitrogen and oxygen atoms in total. The molecule has 0 aliphatic carbocycles. The summed E-state index contributed by atoms with van der Waals surface area (Å²) in [7, 11) is 0. The molecule has 3 aromatic carbocycles. The van der Waals surface area contributed by atoms with Crippen molar-refractivity contribution >= 4 is 58.2 Å². The second-order valence-corrected chi connectivity index (χ2v) is 8.92. The number of halogens is 2. The molecule has 10 heteroatoms. The number of rotatable bonds is 6. The van der Waals surface area contributed by atoms with Crippen LogP contribution in [0.2, 0.25) is 10.0 Å². The summed E-state index contributed by atoms with van der Waals surface area (Å²) >= 11 is 12.3. The van der Waals surface area contributed by atoms with Crippen LogP contribution >= 0.6 is 23.2 Å². The third-order valence-corrected chi connectivity index (χ3v) is 6.36. The molecule has 36 heavy (non-hydrogen) atoms. The Bertz CT molecular complexity index is 1320. The van der Waals surface area contributed by atoms with E-state index in [-0.39, 0.29) is 16.6 Å². The largest absolute Gasteiger partial charge is 0.367 e. The molecular weight excluding hydrogens is 503 g/mol. The first-order valence-electron chi connectivity index (χ1n) is 11.1. The van der Waals surface area contributed by atoms with Gasteiger partial charge < -0.3 is 15.1 Å². The molecule has 0 atom stereocenters. The Labute approximate surface area is 217 Å². The number of hydrogen-bond donors (Lipinski definition) is 1. The zero-order valence-electron chi connectivity index (χ0n) is 19.1. The highest BCUT2D eigenvalue weighted by molar-refractivity contribution is 6.33. The van der Waals surface area contributed by atoms with Crippen molar-refractivity contribution in [1.29, 1.82) is 0 Å². The topological polar surface area (TPSA) is 95.8 Å². The molecule has 0 bridgehead atoms. The maximum atomic E-state index is 12.7. The highest BCUT2D eigenvalue weighted by Crippen LogP contribution is 2.30. The van der Waals surface area contributed by atoms with Crippen LogP contribution in [-0.2, 0) is 4.79 Å². The Balaban J connectivity index is 1.35. The Kier molecular flexibility index (Phi) is 7.87. The number of piperazine rings is 1. The van der Waals surface area contributed by atoms with Crippen LogP contribution in [0.3, 0.4) is 0 Å². The van der Waals surface area contributed by atoms with E-state index in [0.29, 0.717) is 48.0 Å². The van der Waals surface area contributed by atoms with Crippen molar-refractivity contribution in [3.63, 3.8) is 0 Å². The Hall–Kier alpha value is -3.88. The van der Waals surface area contributed by atoms with E-state index < -0.39 is 10.8 Å². The molecule has 184 valence electrons. The number of amides is 2. The van der Waals surface area contributed by atoms with Crippen molar-refractivity contribution in [2.75, 3.05) is 36.4 Å². The minimum absolute atomic E-state index is 0.0145. The predicted molar refractivity (Wildman–Crippen MR) is 142 cm³/mol. The van der Waals surface area contributed by atoms with Gasteiger partial charge in [-0.1, -0.05) is 47.5 Å². The van der Waals surface area contributed by atoms with Gasteiger partial charge >= 0.3 is 0 Å². The van der Waals surface area contributed by atoms with Crippen LogP contribution < -0.4 is 10.2 Å². The van der Waals surface area contributed by atoms with E-state index in [2.05, 4.69) is 10.2 Å². The predicted octanol–water partition coefficient (Wildman–Crippen LogP) is 5.52. The number of carbonyl (C=O) groups excluding carboxylic acids is 2. The molecule has 0 saturated carbocycles. The molecule has 1 aliphatic heterocycles. The molecule has 1 fully saturated rings. The second kappa shape index (κ2) is 11.2. The smallest absolute Gasteiger partial charge is 0.288 e. The first-order chi connectivity index (χ1) is 17.3. The lowest BCUT2D eigenvalue weighted by Crippen LogP contribution is -2.48. The Morgan fingerprint density at radius 2 is 1.64 bits per heavy atom. The van der Waals surface area contributed by atoms with Crippen molar-refractivity contribution in [2.45, 2.75) is 0 Å². The molecule has 1 aliphatic rings. The van der Waals surface area contributed by atoms with Crippen molar-refractivity contribution < 1.29 is 14.5 Å². The molecule has 1 saturated heterocycles. The fraction of sp³-hybridized carbons (Fsp3) is 0.154. The third-order valence-electron chi connectivity index (χ3n) is 5.74. The molecule has 1 N–H and O–H groups in total. The molecule has 4 rings (SSSR count). The number of nitro benzene ring substituents is 1. The number of nitro groups is 1. The average Bonchev–Trinajstić information content (AvgIpc) is 2.88. The first kappa shape index (κ1) is 25.2. The molecule has 0 radical (unpaired) electrons. The number of benzene rings is 3. The monoisotopic (exact) mass is 524 g/mol. The first-order valence-corrected chi connectivity index (χ1v) is 11.9. The maximum absolute atomic E-state index is 12.7. The summed E-state index contributed by atoms with van der Waals surface area (Å²) in [6.45, 7) is 2.44. The summed E-state index contributed by atoms with van der Waals surface area (Å²) in [6, 6.07) is 18.7. The van der Waals surface area contributed by atoms with Gasteiger partial charge in [-0.2, -0.15) is 0 Å². The van der Waals surface area contributed by atoms with E-state index in [9.17, 15) is 19.7 Å². The lowest BCUT2D eigenvalue weighted by atomic mass is 10.1. The summed E-state index contributed by atoms with van der Waals surface area (Å²) in [5, 5.41) is 14.3. The lowest BCUT2D eigenvalue weighted by Gasteiger charge is -2.36. The molecule has 0 aromatic heterocycles. The summed E-state index contributed by atoms with van der Waals surface area (Å²) < 4.78 is 0. The minimum atomic E-state index is -0.579. The van der Waals surface area contributed by atoms with Gasteiger partial charge in [-0.05, 0) is 48.0 Å². The van der Waals surface area contributed by atoms with Crippen LogP contribution in [0, 0.1) is 10.1 Å². The van der Waals surface area contributed by atoms with Crippen LogP contribution in [0.1, 0.15) is 15.9 Å². The number of carbonyl (C=O) groups is 2. The van der Waals surface area contributed by atoms with E-state index in [0.717, 1.165) is 5.69 Å². The normalized spacial score (nSPS) is 13.6. The summed E-state index contributed by atoms with van der Waals surface area (Å²) in [6.07, 6.45) is 2.74. The van der Waals surface area contributed by atoms with E-state index in [4.69, 9.17) is 23.2 Å². The van der Waals surface area contributed by atoms with Gasteiger partial charge in [0.1, 0.15) is 5.02 Å². The van der Waals surface area contributed by atoms with Crippen LogP contribution in [-0.4, -0.2) is 47.8 Å². The lowest BCUT2D eigenvalue weighted by molar-refractivity contribution is -0.384. The van der Waals surface area contributed by atoms with E-state index >= 15 is 0 Å². The van der Waals surface area contributed by atoms with Gasteiger partial charge in [0.25, 0.3) is 11.6 Å². The fourth-order valence-corrected chi connectivity index (χ4v) is 4.37. The minimum Gasteiger partial charge on any atom is -0.367 e. The molecule has 1 heterocycles. The zero-order valence-corrected chi connectivity index (χ0v) is 20.6. The van der Waals surface area contributed by atoms with Gasteiger partial charge in [0.05, 0.1) is 15.6 Å². The summed E-state index contributed by atoms with van der Waals surface area (Å²) in [4.78, 5) is 39.4. The summed E-state index contributed by atoms with van der Waals surface area (Å²) in [5.41, 5.74) is 2.25. The van der Waals surface area contributed by atoms with Crippen LogP contribution in [0.15, 0.2) is 72.8 Å². The number of hydrogen-bond acceptors (Lipinski definition) is 5. The fourth-order valence-electron chi connectivity index (χ4n) is 3.88. The molecular formula is C26H22Cl2N4O4. The van der Waals surface area contributed by atoms with Crippen molar-refractivity contribution in [1.82, 2.24) is 4.90 Å². The van der Waals surface area contributed by atoms with Gasteiger partial charge in [-0.15, -0.1) is 0 Å². The van der Waals surface area contributed by atoms with Crippen LogP contribution in [0.4, 0.5) is 17.1 Å². The molecule has 0 unspecified atom stereocenters. The van der Waals surface area contributed by atoms with Gasteiger partial charge in [0.15, 0.2) is 0 Å². The van der Waals surface area contributed by atoms with Crippen LogP contribution in [0.5, 0.6) is 0 Å². The van der Waals surface area contributed by atoms with E-state index in [1.807, 2.05) is 41.3 Å². The summed E-state index contributed by atoms with van der Waals surface area (Å²) in [5.74, 6) is -0.398.